The van der Waals surface area contributed by atoms with Crippen molar-refractivity contribution in [1.82, 2.24) is 5.32 Å². The molecule has 0 atom stereocenters. The number of amides is 2. The second-order valence-corrected chi connectivity index (χ2v) is 7.44. The Morgan fingerprint density at radius 1 is 1.12 bits per heavy atom. The number of hydrogen-bond acceptors (Lipinski definition) is 5. The minimum atomic E-state index is -0.381. The van der Waals surface area contributed by atoms with Gasteiger partial charge in [0.25, 0.3) is 11.1 Å². The molecule has 1 aliphatic rings. The molecule has 0 aliphatic carbocycles. The topological polar surface area (TPSA) is 64.6 Å². The van der Waals surface area contributed by atoms with Gasteiger partial charge in [0.2, 0.25) is 0 Å². The number of carbonyl (C=O) groups excluding carboxylic acids is 2. The predicted octanol–water partition coefficient (Wildman–Crippen LogP) is 4.20. The number of methoxy groups -OCH3 is 1. The SMILES string of the molecule is COc1cc(/C=C2\SC(=O)NC2=O)ccc1OCc1ccc(I)cc1. The van der Waals surface area contributed by atoms with Crippen molar-refractivity contribution in [1.29, 1.82) is 0 Å². The summed E-state index contributed by atoms with van der Waals surface area (Å²) in [6.45, 7) is 0.431. The zero-order valence-corrected chi connectivity index (χ0v) is 16.2. The molecule has 2 aromatic rings. The number of hydrogen-bond donors (Lipinski definition) is 1. The van der Waals surface area contributed by atoms with Gasteiger partial charge in [0.15, 0.2) is 11.5 Å². The molecule has 0 saturated carbocycles. The van der Waals surface area contributed by atoms with E-state index in [1.807, 2.05) is 30.3 Å². The minimum Gasteiger partial charge on any atom is -0.493 e. The molecule has 5 nitrogen and oxygen atoms in total. The van der Waals surface area contributed by atoms with E-state index in [0.717, 1.165) is 22.9 Å². The van der Waals surface area contributed by atoms with Gasteiger partial charge in [-0.3, -0.25) is 14.9 Å². The molecule has 128 valence electrons. The summed E-state index contributed by atoms with van der Waals surface area (Å²) in [5.74, 6) is 0.797. The van der Waals surface area contributed by atoms with Crippen molar-refractivity contribution in [2.75, 3.05) is 7.11 Å². The molecule has 0 bridgehead atoms. The first-order valence-corrected chi connectivity index (χ1v) is 9.25. The third kappa shape index (κ3) is 4.55. The van der Waals surface area contributed by atoms with Gasteiger partial charge in [-0.15, -0.1) is 0 Å². The number of carbonyl (C=O) groups is 2. The van der Waals surface area contributed by atoms with Gasteiger partial charge in [-0.2, -0.15) is 0 Å². The van der Waals surface area contributed by atoms with Crippen LogP contribution >= 0.6 is 34.4 Å². The minimum absolute atomic E-state index is 0.360. The highest BCUT2D eigenvalue weighted by Crippen LogP contribution is 2.32. The molecule has 7 heteroatoms. The van der Waals surface area contributed by atoms with Crippen molar-refractivity contribution < 1.29 is 19.1 Å². The van der Waals surface area contributed by atoms with E-state index in [1.54, 1.807) is 25.3 Å². The van der Waals surface area contributed by atoms with Crippen LogP contribution < -0.4 is 14.8 Å². The summed E-state index contributed by atoms with van der Waals surface area (Å²) >= 11 is 3.14. The average Bonchev–Trinajstić information content (AvgIpc) is 2.92. The summed E-state index contributed by atoms with van der Waals surface area (Å²) in [5.41, 5.74) is 1.82. The number of halogens is 1. The molecule has 0 unspecified atom stereocenters. The predicted molar refractivity (Wildman–Crippen MR) is 106 cm³/mol. The Morgan fingerprint density at radius 2 is 1.88 bits per heavy atom. The number of thioether (sulfide) groups is 1. The first-order chi connectivity index (χ1) is 12.0. The maximum atomic E-state index is 11.6. The largest absolute Gasteiger partial charge is 0.493 e. The van der Waals surface area contributed by atoms with E-state index in [0.29, 0.717) is 23.0 Å². The molecule has 1 aliphatic heterocycles. The molecular formula is C18H14INO4S. The Morgan fingerprint density at radius 3 is 2.52 bits per heavy atom. The van der Waals surface area contributed by atoms with Crippen molar-refractivity contribution in [2.45, 2.75) is 6.61 Å². The van der Waals surface area contributed by atoms with E-state index in [1.165, 1.54) is 3.57 Å². The second kappa shape index (κ2) is 7.92. The molecule has 0 radical (unpaired) electrons. The Hall–Kier alpha value is -2.00. The van der Waals surface area contributed by atoms with Crippen LogP contribution in [0.15, 0.2) is 47.4 Å². The van der Waals surface area contributed by atoms with Crippen LogP contribution in [0.25, 0.3) is 6.08 Å². The van der Waals surface area contributed by atoms with Crippen LogP contribution in [0.3, 0.4) is 0 Å². The number of benzene rings is 2. The van der Waals surface area contributed by atoms with Crippen LogP contribution in [-0.4, -0.2) is 18.3 Å². The zero-order chi connectivity index (χ0) is 17.8. The maximum absolute atomic E-state index is 11.6. The van der Waals surface area contributed by atoms with Gasteiger partial charge in [0.1, 0.15) is 6.61 Å². The van der Waals surface area contributed by atoms with Gasteiger partial charge in [0, 0.05) is 3.57 Å². The van der Waals surface area contributed by atoms with Crippen molar-refractivity contribution in [3.8, 4) is 11.5 Å². The Labute approximate surface area is 162 Å². The second-order valence-electron chi connectivity index (χ2n) is 5.18. The lowest BCUT2D eigenvalue weighted by atomic mass is 10.2. The molecule has 2 amide bonds. The lowest BCUT2D eigenvalue weighted by molar-refractivity contribution is -0.115. The molecule has 1 heterocycles. The van der Waals surface area contributed by atoms with Crippen LogP contribution in [0, 0.1) is 3.57 Å². The van der Waals surface area contributed by atoms with E-state index in [-0.39, 0.29) is 11.1 Å². The fourth-order valence-corrected chi connectivity index (χ4v) is 3.25. The number of imide groups is 1. The van der Waals surface area contributed by atoms with Crippen LogP contribution in [0.1, 0.15) is 11.1 Å². The van der Waals surface area contributed by atoms with E-state index in [2.05, 4.69) is 27.9 Å². The third-order valence-corrected chi connectivity index (χ3v) is 4.96. The van der Waals surface area contributed by atoms with Crippen molar-refractivity contribution in [2.24, 2.45) is 0 Å². The lowest BCUT2D eigenvalue weighted by Gasteiger charge is -2.11. The molecular weight excluding hydrogens is 453 g/mol. The van der Waals surface area contributed by atoms with Gasteiger partial charge in [0.05, 0.1) is 12.0 Å². The molecule has 0 spiro atoms. The maximum Gasteiger partial charge on any atom is 0.290 e. The van der Waals surface area contributed by atoms with Crippen molar-refractivity contribution >= 4 is 51.6 Å². The molecule has 2 aromatic carbocycles. The van der Waals surface area contributed by atoms with Gasteiger partial charge >= 0.3 is 0 Å². The highest BCUT2D eigenvalue weighted by molar-refractivity contribution is 14.1. The summed E-state index contributed by atoms with van der Waals surface area (Å²) < 4.78 is 12.4. The van der Waals surface area contributed by atoms with E-state index in [9.17, 15) is 9.59 Å². The van der Waals surface area contributed by atoms with Crippen LogP contribution in [0.4, 0.5) is 4.79 Å². The van der Waals surface area contributed by atoms with Crippen LogP contribution in [0.2, 0.25) is 0 Å². The number of ether oxygens (including phenoxy) is 2. The molecule has 25 heavy (non-hydrogen) atoms. The Bertz CT molecular complexity index is 849. The molecule has 0 aromatic heterocycles. The molecule has 1 saturated heterocycles. The Balaban J connectivity index is 1.75. The normalized spacial score (nSPS) is 15.4. The standard InChI is InChI=1S/C18H14INO4S/c1-23-15-8-12(9-16-17(21)20-18(22)25-16)4-7-14(15)24-10-11-2-5-13(19)6-3-11/h2-9H,10H2,1H3,(H,20,21,22)/b16-9-. The Kier molecular flexibility index (Phi) is 5.64. The van der Waals surface area contributed by atoms with E-state index in [4.69, 9.17) is 9.47 Å². The first kappa shape index (κ1) is 17.8. The van der Waals surface area contributed by atoms with Gasteiger partial charge in [-0.05, 0) is 75.8 Å². The van der Waals surface area contributed by atoms with Crippen LogP contribution in [-0.2, 0) is 11.4 Å². The van der Waals surface area contributed by atoms with E-state index >= 15 is 0 Å². The van der Waals surface area contributed by atoms with E-state index < -0.39 is 0 Å². The average molecular weight is 467 g/mol. The summed E-state index contributed by atoms with van der Waals surface area (Å²) in [5, 5.41) is 1.87. The van der Waals surface area contributed by atoms with Gasteiger partial charge in [-0.1, -0.05) is 18.2 Å². The first-order valence-electron chi connectivity index (χ1n) is 7.35. The molecule has 1 N–H and O–H groups in total. The molecule has 1 fully saturated rings. The highest BCUT2D eigenvalue weighted by Gasteiger charge is 2.25. The fraction of sp³-hybridized carbons (Fsp3) is 0.111. The van der Waals surface area contributed by atoms with Crippen LogP contribution in [0.5, 0.6) is 11.5 Å². The number of nitrogens with one attached hydrogen (secondary N) is 1. The monoisotopic (exact) mass is 467 g/mol. The fourth-order valence-electron chi connectivity index (χ4n) is 2.21. The summed E-state index contributed by atoms with van der Waals surface area (Å²) in [4.78, 5) is 23.2. The quantitative estimate of drug-likeness (QED) is 0.528. The van der Waals surface area contributed by atoms with Crippen molar-refractivity contribution in [3.05, 3.63) is 62.1 Å². The lowest BCUT2D eigenvalue weighted by Crippen LogP contribution is -2.17. The van der Waals surface area contributed by atoms with Gasteiger partial charge < -0.3 is 9.47 Å². The van der Waals surface area contributed by atoms with Crippen molar-refractivity contribution in [3.63, 3.8) is 0 Å². The zero-order valence-electron chi connectivity index (χ0n) is 13.2. The van der Waals surface area contributed by atoms with Gasteiger partial charge in [-0.25, -0.2) is 0 Å². The third-order valence-electron chi connectivity index (χ3n) is 3.44. The molecule has 3 rings (SSSR count). The summed E-state index contributed by atoms with van der Waals surface area (Å²) in [6, 6.07) is 13.5. The number of rotatable bonds is 5. The smallest absolute Gasteiger partial charge is 0.290 e. The highest BCUT2D eigenvalue weighted by atomic mass is 127. The summed E-state index contributed by atoms with van der Waals surface area (Å²) in [7, 11) is 1.56. The summed E-state index contributed by atoms with van der Waals surface area (Å²) in [6.07, 6.45) is 1.65.